The monoisotopic (exact) mass is 772 g/mol. The van der Waals surface area contributed by atoms with Gasteiger partial charge >= 0.3 is 0 Å². The van der Waals surface area contributed by atoms with Crippen LogP contribution in [-0.2, 0) is 21.6 Å². The van der Waals surface area contributed by atoms with Crippen LogP contribution in [0.1, 0.15) is 41.3 Å². The summed E-state index contributed by atoms with van der Waals surface area (Å²) in [5.41, 5.74) is 3.50. The van der Waals surface area contributed by atoms with Gasteiger partial charge in [0.15, 0.2) is 5.16 Å². The normalized spacial score (nSPS) is 14.4. The second kappa shape index (κ2) is 16.4. The summed E-state index contributed by atoms with van der Waals surface area (Å²) in [6.45, 7) is 2.00. The van der Waals surface area contributed by atoms with Crippen LogP contribution in [0.5, 0.6) is 11.5 Å². The third kappa shape index (κ3) is 8.48. The van der Waals surface area contributed by atoms with Crippen molar-refractivity contribution in [2.75, 3.05) is 44.6 Å². The van der Waals surface area contributed by atoms with Crippen LogP contribution in [0.15, 0.2) is 59.8 Å². The second-order valence-corrected chi connectivity index (χ2v) is 12.7. The minimum Gasteiger partial charge on any atom is -0.495 e. The lowest BCUT2D eigenvalue weighted by molar-refractivity contribution is 0.0416. The lowest BCUT2D eigenvalue weighted by atomic mass is 9.84. The van der Waals surface area contributed by atoms with Crippen LogP contribution in [0.25, 0.3) is 5.69 Å². The van der Waals surface area contributed by atoms with Crippen molar-refractivity contribution in [3.8, 4) is 17.2 Å². The van der Waals surface area contributed by atoms with E-state index in [1.165, 1.54) is 36.0 Å². The van der Waals surface area contributed by atoms with Crippen molar-refractivity contribution in [3.05, 3.63) is 99.6 Å². The lowest BCUT2D eigenvalue weighted by Gasteiger charge is -2.26. The Labute approximate surface area is 283 Å². The molecular formula is C33H33ClF3IN2O4S. The van der Waals surface area contributed by atoms with Gasteiger partial charge in [-0.3, -0.25) is 4.57 Å². The molecule has 45 heavy (non-hydrogen) atoms. The molecular weight excluding hydrogens is 740 g/mol. The lowest BCUT2D eigenvalue weighted by Crippen LogP contribution is -2.15. The van der Waals surface area contributed by atoms with Gasteiger partial charge in [-0.25, -0.2) is 18.2 Å². The molecule has 240 valence electrons. The van der Waals surface area contributed by atoms with Gasteiger partial charge in [-0.1, -0.05) is 52.0 Å². The SMILES string of the molecule is COc1cc(C2CCCc3nc(SCc4c(F)cc(OCCOCCOCCI)cc4F)n(-c4ccc(F)cc4)c32)ccc1Cl. The Bertz CT molecular complexity index is 1570. The molecule has 0 amide bonds. The largest absolute Gasteiger partial charge is 0.495 e. The zero-order chi connectivity index (χ0) is 31.8. The molecule has 5 rings (SSSR count). The zero-order valence-electron chi connectivity index (χ0n) is 24.7. The molecule has 1 unspecified atom stereocenters. The van der Waals surface area contributed by atoms with Gasteiger partial charge in [-0.2, -0.15) is 0 Å². The van der Waals surface area contributed by atoms with Crippen LogP contribution in [0.2, 0.25) is 5.02 Å². The summed E-state index contributed by atoms with van der Waals surface area (Å²) in [6.07, 6.45) is 2.52. The first kappa shape index (κ1) is 33.9. The van der Waals surface area contributed by atoms with Crippen LogP contribution in [0, 0.1) is 17.5 Å². The molecule has 0 aliphatic heterocycles. The van der Waals surface area contributed by atoms with Gasteiger partial charge in [0.25, 0.3) is 0 Å². The number of rotatable bonds is 15. The minimum atomic E-state index is -0.707. The number of imidazole rings is 1. The first-order valence-corrected chi connectivity index (χ1v) is 17.4. The summed E-state index contributed by atoms with van der Waals surface area (Å²) in [7, 11) is 1.58. The Kier molecular flexibility index (Phi) is 12.4. The van der Waals surface area contributed by atoms with Crippen LogP contribution in [0.3, 0.4) is 0 Å². The molecule has 1 aliphatic rings. The number of alkyl halides is 1. The topological polar surface area (TPSA) is 54.7 Å². The molecule has 0 saturated heterocycles. The fraction of sp³-hybridized carbons (Fsp3) is 0.364. The molecule has 0 saturated carbocycles. The molecule has 4 aromatic rings. The van der Waals surface area contributed by atoms with Gasteiger partial charge in [0.2, 0.25) is 0 Å². The Morgan fingerprint density at radius 3 is 2.38 bits per heavy atom. The average Bonchev–Trinajstić information content (AvgIpc) is 3.41. The van der Waals surface area contributed by atoms with Crippen molar-refractivity contribution in [1.29, 1.82) is 0 Å². The van der Waals surface area contributed by atoms with Crippen LogP contribution in [-0.4, -0.2) is 54.1 Å². The Balaban J connectivity index is 1.36. The Hall–Kier alpha value is -2.45. The first-order chi connectivity index (χ1) is 21.9. The molecule has 0 bridgehead atoms. The summed E-state index contributed by atoms with van der Waals surface area (Å²) >= 11 is 9.77. The molecule has 0 N–H and O–H groups in total. The predicted molar refractivity (Wildman–Crippen MR) is 178 cm³/mol. The summed E-state index contributed by atoms with van der Waals surface area (Å²) in [5, 5.41) is 1.08. The number of hydrogen-bond donors (Lipinski definition) is 0. The second-order valence-electron chi connectivity index (χ2n) is 10.3. The van der Waals surface area contributed by atoms with Gasteiger partial charge < -0.3 is 18.9 Å². The molecule has 12 heteroatoms. The quantitative estimate of drug-likeness (QED) is 0.0523. The van der Waals surface area contributed by atoms with Crippen molar-refractivity contribution >= 4 is 46.0 Å². The van der Waals surface area contributed by atoms with Crippen molar-refractivity contribution < 1.29 is 32.1 Å². The molecule has 0 spiro atoms. The van der Waals surface area contributed by atoms with E-state index in [9.17, 15) is 4.39 Å². The number of thioether (sulfide) groups is 1. The highest BCUT2D eigenvalue weighted by molar-refractivity contribution is 14.1. The number of aryl methyl sites for hydroxylation is 1. The summed E-state index contributed by atoms with van der Waals surface area (Å²) < 4.78 is 68.9. The van der Waals surface area contributed by atoms with Crippen molar-refractivity contribution in [2.45, 2.75) is 36.1 Å². The van der Waals surface area contributed by atoms with Gasteiger partial charge in [0.05, 0.1) is 49.9 Å². The molecule has 6 nitrogen and oxygen atoms in total. The van der Waals surface area contributed by atoms with E-state index >= 15 is 8.78 Å². The fourth-order valence-electron chi connectivity index (χ4n) is 5.29. The van der Waals surface area contributed by atoms with Gasteiger partial charge in [-0.05, 0) is 61.2 Å². The number of methoxy groups -OCH3 is 1. The van der Waals surface area contributed by atoms with E-state index in [0.29, 0.717) is 41.4 Å². The summed E-state index contributed by atoms with van der Waals surface area (Å²) in [5.74, 6) is -1.15. The maximum atomic E-state index is 15.2. The molecule has 0 radical (unpaired) electrons. The number of aromatic nitrogens is 2. The molecule has 1 aromatic heterocycles. The minimum absolute atomic E-state index is 0.00516. The van der Waals surface area contributed by atoms with Crippen molar-refractivity contribution in [1.82, 2.24) is 9.55 Å². The fourth-order valence-corrected chi connectivity index (χ4v) is 6.86. The standard InChI is InChI=1S/C33H33ClF3IN2O4S/c1-41-31-17-21(5-10-27(31)34)25-3-2-4-30-32(25)40(23-8-6-22(35)7-9-23)33(39-30)45-20-26-28(36)18-24(19-29(26)37)44-16-15-43-14-13-42-12-11-38/h5-10,17-19,25H,2-4,11-16,20H2,1H3. The van der Waals surface area contributed by atoms with Gasteiger partial charge in [0, 0.05) is 39.5 Å². The molecule has 1 aliphatic carbocycles. The van der Waals surface area contributed by atoms with Gasteiger partial charge in [0.1, 0.15) is 35.6 Å². The Morgan fingerprint density at radius 1 is 0.956 bits per heavy atom. The van der Waals surface area contributed by atoms with E-state index in [1.807, 2.05) is 22.8 Å². The Morgan fingerprint density at radius 2 is 1.67 bits per heavy atom. The van der Waals surface area contributed by atoms with E-state index in [0.717, 1.165) is 40.6 Å². The number of hydrogen-bond acceptors (Lipinski definition) is 6. The van der Waals surface area contributed by atoms with Gasteiger partial charge in [-0.15, -0.1) is 0 Å². The number of halogens is 5. The van der Waals surface area contributed by atoms with Crippen LogP contribution < -0.4 is 9.47 Å². The van der Waals surface area contributed by atoms with Crippen molar-refractivity contribution in [2.24, 2.45) is 0 Å². The number of nitrogens with zero attached hydrogens (tertiary/aromatic N) is 2. The smallest absolute Gasteiger partial charge is 0.173 e. The summed E-state index contributed by atoms with van der Waals surface area (Å²) in [4.78, 5) is 4.94. The molecule has 1 atom stereocenters. The number of benzene rings is 3. The maximum absolute atomic E-state index is 15.2. The third-order valence-corrected chi connectivity index (χ3v) is 9.13. The van der Waals surface area contributed by atoms with E-state index in [1.54, 1.807) is 19.2 Å². The highest BCUT2D eigenvalue weighted by Gasteiger charge is 2.31. The van der Waals surface area contributed by atoms with E-state index in [4.69, 9.17) is 35.5 Å². The zero-order valence-corrected chi connectivity index (χ0v) is 28.4. The van der Waals surface area contributed by atoms with Crippen LogP contribution in [0.4, 0.5) is 13.2 Å². The van der Waals surface area contributed by atoms with E-state index < -0.39 is 11.6 Å². The highest BCUT2D eigenvalue weighted by atomic mass is 127. The first-order valence-electron chi connectivity index (χ1n) is 14.6. The molecule has 0 fully saturated rings. The van der Waals surface area contributed by atoms with E-state index in [2.05, 4.69) is 22.6 Å². The number of fused-ring (bicyclic) bond motifs is 1. The highest BCUT2D eigenvalue weighted by Crippen LogP contribution is 2.43. The van der Waals surface area contributed by atoms with Crippen LogP contribution >= 0.6 is 46.0 Å². The molecule has 3 aromatic carbocycles. The van der Waals surface area contributed by atoms with Crippen molar-refractivity contribution in [3.63, 3.8) is 0 Å². The third-order valence-electron chi connectivity index (χ3n) is 7.41. The maximum Gasteiger partial charge on any atom is 0.173 e. The average molecular weight is 773 g/mol. The van der Waals surface area contributed by atoms with E-state index in [-0.39, 0.29) is 42.0 Å². The summed E-state index contributed by atoms with van der Waals surface area (Å²) in [6, 6.07) is 14.2. The predicted octanol–water partition coefficient (Wildman–Crippen LogP) is 8.56. The number of ether oxygens (including phenoxy) is 4. The molecule has 1 heterocycles.